The minimum atomic E-state index is 0.922. The van der Waals surface area contributed by atoms with E-state index in [4.69, 9.17) is 0 Å². The molecule has 0 aliphatic carbocycles. The lowest BCUT2D eigenvalue weighted by Gasteiger charge is -1.88. The van der Waals surface area contributed by atoms with E-state index in [1.54, 1.807) is 17.5 Å². The molecule has 0 bridgehead atoms. The fourth-order valence-electron chi connectivity index (χ4n) is 0.912. The second kappa shape index (κ2) is 2.94. The van der Waals surface area contributed by atoms with Crippen LogP contribution in [0.5, 0.6) is 0 Å². The molecule has 0 aromatic carbocycles. The van der Waals surface area contributed by atoms with Gasteiger partial charge in [0.1, 0.15) is 0 Å². The number of hydrogen-bond acceptors (Lipinski definition) is 4. The van der Waals surface area contributed by atoms with Gasteiger partial charge in [0.05, 0.1) is 11.9 Å². The molecule has 2 aromatic heterocycles. The number of hydrogen-bond donors (Lipinski definition) is 2. The molecule has 0 aliphatic heterocycles. The Bertz CT molecular complexity index is 351. The Labute approximate surface area is 73.7 Å². The van der Waals surface area contributed by atoms with Crippen molar-refractivity contribution in [1.29, 1.82) is 0 Å². The number of rotatable bonds is 2. The van der Waals surface area contributed by atoms with Crippen LogP contribution >= 0.6 is 11.3 Å². The number of H-pyrrole nitrogens is 1. The van der Waals surface area contributed by atoms with E-state index in [1.807, 2.05) is 18.6 Å². The van der Waals surface area contributed by atoms with Crippen LogP contribution in [0.25, 0.3) is 11.3 Å². The van der Waals surface area contributed by atoms with Crippen molar-refractivity contribution in [3.05, 3.63) is 17.8 Å². The minimum absolute atomic E-state index is 0.922. The van der Waals surface area contributed by atoms with E-state index in [2.05, 4.69) is 20.5 Å². The third-order valence-electron chi connectivity index (χ3n) is 1.51. The Morgan fingerprint density at radius 2 is 2.50 bits per heavy atom. The summed E-state index contributed by atoms with van der Waals surface area (Å²) in [5.74, 6) is 0. The summed E-state index contributed by atoms with van der Waals surface area (Å²) >= 11 is 1.58. The van der Waals surface area contributed by atoms with Crippen molar-refractivity contribution in [2.24, 2.45) is 0 Å². The largest absolute Gasteiger partial charge is 0.365 e. The van der Waals surface area contributed by atoms with Crippen LogP contribution in [0.3, 0.4) is 0 Å². The van der Waals surface area contributed by atoms with Crippen LogP contribution in [-0.2, 0) is 0 Å². The van der Waals surface area contributed by atoms with Crippen molar-refractivity contribution in [2.75, 3.05) is 12.4 Å². The molecule has 2 heterocycles. The number of thiazole rings is 1. The van der Waals surface area contributed by atoms with Gasteiger partial charge in [-0.1, -0.05) is 0 Å². The number of aromatic amines is 1. The first-order valence-electron chi connectivity index (χ1n) is 3.52. The van der Waals surface area contributed by atoms with Gasteiger partial charge in [-0.05, 0) is 0 Å². The number of nitrogens with one attached hydrogen (secondary N) is 2. The van der Waals surface area contributed by atoms with E-state index >= 15 is 0 Å². The first kappa shape index (κ1) is 7.30. The summed E-state index contributed by atoms with van der Waals surface area (Å²) in [6.07, 6.45) is 3.59. The zero-order chi connectivity index (χ0) is 8.39. The van der Waals surface area contributed by atoms with Gasteiger partial charge < -0.3 is 5.32 Å². The molecular formula is C7H8N4S. The lowest BCUT2D eigenvalue weighted by Crippen LogP contribution is -1.85. The molecule has 0 saturated heterocycles. The Morgan fingerprint density at radius 3 is 3.08 bits per heavy atom. The van der Waals surface area contributed by atoms with Crippen LogP contribution in [0.2, 0.25) is 0 Å². The van der Waals surface area contributed by atoms with E-state index in [1.165, 1.54) is 0 Å². The summed E-state index contributed by atoms with van der Waals surface area (Å²) in [7, 11) is 1.86. The van der Waals surface area contributed by atoms with Gasteiger partial charge in [-0.3, -0.25) is 5.10 Å². The quantitative estimate of drug-likeness (QED) is 0.737. The highest BCUT2D eigenvalue weighted by molar-refractivity contribution is 7.14. The fourth-order valence-corrected chi connectivity index (χ4v) is 1.59. The van der Waals surface area contributed by atoms with Crippen LogP contribution in [0.4, 0.5) is 5.13 Å². The SMILES string of the molecule is CNc1nc(-c2cn[nH]c2)cs1. The summed E-state index contributed by atoms with van der Waals surface area (Å²) in [6, 6.07) is 0. The van der Waals surface area contributed by atoms with Crippen molar-refractivity contribution in [3.8, 4) is 11.3 Å². The molecule has 2 aromatic rings. The number of aromatic nitrogens is 3. The summed E-state index contributed by atoms with van der Waals surface area (Å²) in [4.78, 5) is 4.32. The van der Waals surface area contributed by atoms with Gasteiger partial charge in [-0.2, -0.15) is 5.10 Å². The van der Waals surface area contributed by atoms with Gasteiger partial charge in [-0.15, -0.1) is 11.3 Å². The van der Waals surface area contributed by atoms with Crippen molar-refractivity contribution in [2.45, 2.75) is 0 Å². The Morgan fingerprint density at radius 1 is 1.58 bits per heavy atom. The van der Waals surface area contributed by atoms with Gasteiger partial charge in [-0.25, -0.2) is 4.98 Å². The van der Waals surface area contributed by atoms with E-state index in [0.717, 1.165) is 16.4 Å². The molecule has 2 N–H and O–H groups in total. The zero-order valence-electron chi connectivity index (χ0n) is 6.53. The zero-order valence-corrected chi connectivity index (χ0v) is 7.35. The Balaban J connectivity index is 2.35. The maximum absolute atomic E-state index is 4.32. The van der Waals surface area contributed by atoms with Crippen LogP contribution in [0.15, 0.2) is 17.8 Å². The monoisotopic (exact) mass is 180 g/mol. The number of anilines is 1. The van der Waals surface area contributed by atoms with Gasteiger partial charge in [0, 0.05) is 24.2 Å². The summed E-state index contributed by atoms with van der Waals surface area (Å²) in [5, 5.41) is 12.5. The van der Waals surface area contributed by atoms with Gasteiger partial charge in [0.15, 0.2) is 5.13 Å². The molecule has 0 unspecified atom stereocenters. The first-order chi connectivity index (χ1) is 5.90. The molecule has 0 aliphatic rings. The lowest BCUT2D eigenvalue weighted by atomic mass is 10.3. The minimum Gasteiger partial charge on any atom is -0.365 e. The molecule has 2 rings (SSSR count). The predicted molar refractivity (Wildman–Crippen MR) is 49.2 cm³/mol. The van der Waals surface area contributed by atoms with Crippen molar-refractivity contribution in [1.82, 2.24) is 15.2 Å². The molecule has 5 heteroatoms. The summed E-state index contributed by atoms with van der Waals surface area (Å²) < 4.78 is 0. The summed E-state index contributed by atoms with van der Waals surface area (Å²) in [5.41, 5.74) is 1.98. The van der Waals surface area contributed by atoms with Crippen molar-refractivity contribution < 1.29 is 0 Å². The number of nitrogens with zero attached hydrogens (tertiary/aromatic N) is 2. The third kappa shape index (κ3) is 1.18. The maximum atomic E-state index is 4.32. The highest BCUT2D eigenvalue weighted by atomic mass is 32.1. The van der Waals surface area contributed by atoms with Crippen LogP contribution in [0.1, 0.15) is 0 Å². The van der Waals surface area contributed by atoms with E-state index in [0.29, 0.717) is 0 Å². The molecule has 62 valence electrons. The van der Waals surface area contributed by atoms with E-state index in [9.17, 15) is 0 Å². The molecule has 4 nitrogen and oxygen atoms in total. The average Bonchev–Trinajstić information content (AvgIpc) is 2.75. The molecule has 0 fully saturated rings. The second-order valence-corrected chi connectivity index (χ2v) is 3.13. The molecule has 0 amide bonds. The lowest BCUT2D eigenvalue weighted by molar-refractivity contribution is 1.09. The Hall–Kier alpha value is -1.36. The first-order valence-corrected chi connectivity index (χ1v) is 4.40. The highest BCUT2D eigenvalue weighted by Gasteiger charge is 2.02. The highest BCUT2D eigenvalue weighted by Crippen LogP contribution is 2.22. The van der Waals surface area contributed by atoms with Crippen LogP contribution in [-0.4, -0.2) is 22.2 Å². The molecule has 0 saturated carbocycles. The van der Waals surface area contributed by atoms with Gasteiger partial charge >= 0.3 is 0 Å². The van der Waals surface area contributed by atoms with E-state index < -0.39 is 0 Å². The van der Waals surface area contributed by atoms with Crippen LogP contribution in [0, 0.1) is 0 Å². The normalized spacial score (nSPS) is 10.1. The van der Waals surface area contributed by atoms with Crippen molar-refractivity contribution in [3.63, 3.8) is 0 Å². The molecule has 0 spiro atoms. The standard InChI is InChI=1S/C7H8N4S/c1-8-7-11-6(4-12-7)5-2-9-10-3-5/h2-4H,1H3,(H,8,11)(H,9,10). The van der Waals surface area contributed by atoms with E-state index in [-0.39, 0.29) is 0 Å². The third-order valence-corrected chi connectivity index (χ3v) is 2.37. The Kier molecular flexibility index (Phi) is 1.79. The smallest absolute Gasteiger partial charge is 0.182 e. The topological polar surface area (TPSA) is 53.6 Å². The van der Waals surface area contributed by atoms with Crippen LogP contribution < -0.4 is 5.32 Å². The molecule has 12 heavy (non-hydrogen) atoms. The second-order valence-electron chi connectivity index (χ2n) is 2.27. The molecule has 0 radical (unpaired) electrons. The average molecular weight is 180 g/mol. The van der Waals surface area contributed by atoms with Gasteiger partial charge in [0.2, 0.25) is 0 Å². The summed E-state index contributed by atoms with van der Waals surface area (Å²) in [6.45, 7) is 0. The predicted octanol–water partition coefficient (Wildman–Crippen LogP) is 1.57. The fraction of sp³-hybridized carbons (Fsp3) is 0.143. The maximum Gasteiger partial charge on any atom is 0.182 e. The molecule has 0 atom stereocenters. The van der Waals surface area contributed by atoms with Gasteiger partial charge in [0.25, 0.3) is 0 Å². The van der Waals surface area contributed by atoms with Crippen molar-refractivity contribution >= 4 is 16.5 Å². The molecular weight excluding hydrogens is 172 g/mol.